The molecule has 1 atom stereocenters. The minimum Gasteiger partial charge on any atom is -0.331 e. The van der Waals surface area contributed by atoms with Crippen LogP contribution in [0.15, 0.2) is 30.3 Å². The van der Waals surface area contributed by atoms with E-state index in [1.54, 1.807) is 12.1 Å². The summed E-state index contributed by atoms with van der Waals surface area (Å²) in [5.74, 6) is 0. The first-order valence-electron chi connectivity index (χ1n) is 2.98. The number of benzene rings is 1. The molecule has 0 fully saturated rings. The molecule has 0 bridgehead atoms. The Morgan fingerprint density at radius 1 is 1.27 bits per heavy atom. The summed E-state index contributed by atoms with van der Waals surface area (Å²) in [6.07, 6.45) is 0. The van der Waals surface area contributed by atoms with Crippen LogP contribution >= 0.6 is 8.03 Å². The third-order valence-electron chi connectivity index (χ3n) is 1.19. The van der Waals surface area contributed by atoms with Crippen LogP contribution in [-0.4, -0.2) is 30.2 Å². The molecular weight excluding hydrogens is 171 g/mol. The van der Waals surface area contributed by atoms with Crippen molar-refractivity contribution in [2.75, 3.05) is 7.11 Å². The lowest BCUT2D eigenvalue weighted by Gasteiger charge is -1.96. The van der Waals surface area contributed by atoms with Crippen molar-refractivity contribution in [1.82, 2.24) is 0 Å². The standard InChI is InChI=1S/C7H9O2P.Mg.2H/c1-9-10(8)7-5-3-2-4-6-7;;;/h2-6,10H,1H3;;;. The van der Waals surface area contributed by atoms with Gasteiger partial charge in [0.15, 0.2) is 0 Å². The van der Waals surface area contributed by atoms with Gasteiger partial charge in [-0.1, -0.05) is 18.2 Å². The van der Waals surface area contributed by atoms with Gasteiger partial charge in [0.05, 0.1) is 0 Å². The summed E-state index contributed by atoms with van der Waals surface area (Å²) in [5, 5.41) is 0.773. The summed E-state index contributed by atoms with van der Waals surface area (Å²) in [4.78, 5) is 0. The molecule has 1 unspecified atom stereocenters. The summed E-state index contributed by atoms with van der Waals surface area (Å²) >= 11 is 0. The van der Waals surface area contributed by atoms with Crippen LogP contribution in [0.4, 0.5) is 0 Å². The Kier molecular flexibility index (Phi) is 5.87. The average molecular weight is 182 g/mol. The van der Waals surface area contributed by atoms with Crippen molar-refractivity contribution >= 4 is 36.4 Å². The first-order valence-corrected chi connectivity index (χ1v) is 4.29. The molecule has 1 aromatic carbocycles. The SMILES string of the molecule is CO[PH](=O)c1ccccc1.[MgH2]. The van der Waals surface area contributed by atoms with Gasteiger partial charge in [-0.15, -0.1) is 0 Å². The van der Waals surface area contributed by atoms with E-state index in [1.165, 1.54) is 7.11 Å². The van der Waals surface area contributed by atoms with Crippen LogP contribution < -0.4 is 5.30 Å². The lowest BCUT2D eigenvalue weighted by molar-refractivity contribution is 0.423. The second kappa shape index (κ2) is 5.78. The maximum Gasteiger partial charge on any atom is 0.316 e. The molecular formula is C7H11MgO2P. The fourth-order valence-electron chi connectivity index (χ4n) is 0.692. The first kappa shape index (κ1) is 11.2. The summed E-state index contributed by atoms with van der Waals surface area (Å²) < 4.78 is 15.7. The Hall–Kier alpha value is 0.176. The van der Waals surface area contributed by atoms with Gasteiger partial charge < -0.3 is 4.52 Å². The zero-order valence-corrected chi connectivity index (χ0v) is 6.70. The van der Waals surface area contributed by atoms with Gasteiger partial charge >= 0.3 is 23.1 Å². The summed E-state index contributed by atoms with van der Waals surface area (Å²) in [5.41, 5.74) is 0. The number of hydrogen-bond donors (Lipinski definition) is 0. The van der Waals surface area contributed by atoms with E-state index in [9.17, 15) is 4.57 Å². The Morgan fingerprint density at radius 3 is 2.27 bits per heavy atom. The Balaban J connectivity index is 0.000001000. The molecule has 0 aromatic heterocycles. The van der Waals surface area contributed by atoms with Crippen LogP contribution in [0.5, 0.6) is 0 Å². The minimum atomic E-state index is -1.96. The van der Waals surface area contributed by atoms with Crippen LogP contribution in [0.25, 0.3) is 0 Å². The van der Waals surface area contributed by atoms with Crippen molar-refractivity contribution in [2.24, 2.45) is 0 Å². The predicted molar refractivity (Wildman–Crippen MR) is 50.6 cm³/mol. The molecule has 0 aliphatic carbocycles. The first-order chi connectivity index (χ1) is 4.84. The highest BCUT2D eigenvalue weighted by atomic mass is 31.1. The molecule has 58 valence electrons. The molecule has 0 saturated carbocycles. The molecule has 0 heterocycles. The van der Waals surface area contributed by atoms with Crippen molar-refractivity contribution in [1.29, 1.82) is 0 Å². The van der Waals surface area contributed by atoms with Gasteiger partial charge in [-0.2, -0.15) is 0 Å². The molecule has 0 saturated heterocycles. The van der Waals surface area contributed by atoms with Gasteiger partial charge in [0.1, 0.15) is 0 Å². The topological polar surface area (TPSA) is 26.3 Å². The fraction of sp³-hybridized carbons (Fsp3) is 0.143. The molecule has 0 N–H and O–H groups in total. The molecule has 1 rings (SSSR count). The maximum absolute atomic E-state index is 11.0. The van der Waals surface area contributed by atoms with E-state index >= 15 is 0 Å². The van der Waals surface area contributed by atoms with Gasteiger partial charge in [0, 0.05) is 12.4 Å². The van der Waals surface area contributed by atoms with Crippen molar-refractivity contribution in [3.05, 3.63) is 30.3 Å². The van der Waals surface area contributed by atoms with Crippen molar-refractivity contribution in [3.8, 4) is 0 Å². The molecule has 4 heteroatoms. The molecule has 0 radical (unpaired) electrons. The zero-order chi connectivity index (χ0) is 7.40. The van der Waals surface area contributed by atoms with E-state index in [4.69, 9.17) is 0 Å². The molecule has 2 nitrogen and oxygen atoms in total. The highest BCUT2D eigenvalue weighted by Gasteiger charge is 1.97. The quantitative estimate of drug-likeness (QED) is 0.492. The summed E-state index contributed by atoms with van der Waals surface area (Å²) in [6, 6.07) is 9.16. The Bertz CT molecular complexity index is 225. The van der Waals surface area contributed by atoms with Gasteiger partial charge in [-0.3, -0.25) is 4.57 Å². The molecule has 11 heavy (non-hydrogen) atoms. The van der Waals surface area contributed by atoms with Crippen LogP contribution in [0.2, 0.25) is 0 Å². The molecule has 0 aliphatic rings. The third-order valence-corrected chi connectivity index (χ3v) is 2.37. The van der Waals surface area contributed by atoms with E-state index in [1.807, 2.05) is 18.2 Å². The lowest BCUT2D eigenvalue weighted by Crippen LogP contribution is -1.93. The lowest BCUT2D eigenvalue weighted by atomic mass is 10.4. The Morgan fingerprint density at radius 2 is 1.82 bits per heavy atom. The minimum absolute atomic E-state index is 0. The van der Waals surface area contributed by atoms with E-state index in [2.05, 4.69) is 4.52 Å². The van der Waals surface area contributed by atoms with Crippen LogP contribution in [0.3, 0.4) is 0 Å². The van der Waals surface area contributed by atoms with Crippen molar-refractivity contribution in [2.45, 2.75) is 0 Å². The van der Waals surface area contributed by atoms with Gasteiger partial charge in [0.2, 0.25) is 8.03 Å². The molecule has 1 aromatic rings. The van der Waals surface area contributed by atoms with E-state index in [0.717, 1.165) is 5.30 Å². The van der Waals surface area contributed by atoms with Crippen LogP contribution in [-0.2, 0) is 9.09 Å². The fourth-order valence-corrected chi connectivity index (χ4v) is 1.39. The number of rotatable bonds is 2. The monoisotopic (exact) mass is 182 g/mol. The van der Waals surface area contributed by atoms with E-state index < -0.39 is 8.03 Å². The third kappa shape index (κ3) is 3.39. The zero-order valence-electron chi connectivity index (χ0n) is 5.70. The van der Waals surface area contributed by atoms with Gasteiger partial charge in [-0.25, -0.2) is 0 Å². The predicted octanol–water partition coefficient (Wildman–Crippen LogP) is 0.517. The normalized spacial score (nSPS) is 11.7. The average Bonchev–Trinajstić information content (AvgIpc) is 2.05. The smallest absolute Gasteiger partial charge is 0.316 e. The van der Waals surface area contributed by atoms with Crippen molar-refractivity contribution in [3.63, 3.8) is 0 Å². The number of hydrogen-bond acceptors (Lipinski definition) is 2. The van der Waals surface area contributed by atoms with Gasteiger partial charge in [-0.05, 0) is 12.1 Å². The Labute approximate surface area is 83.0 Å². The second-order valence-electron chi connectivity index (χ2n) is 1.86. The summed E-state index contributed by atoms with van der Waals surface area (Å²) in [7, 11) is -0.504. The molecule has 0 amide bonds. The van der Waals surface area contributed by atoms with Gasteiger partial charge in [0.25, 0.3) is 0 Å². The highest BCUT2D eigenvalue weighted by Crippen LogP contribution is 2.18. The molecule has 0 aliphatic heterocycles. The van der Waals surface area contributed by atoms with E-state index in [-0.39, 0.29) is 23.1 Å². The highest BCUT2D eigenvalue weighted by molar-refractivity contribution is 7.48. The second-order valence-corrected chi connectivity index (χ2v) is 3.42. The van der Waals surface area contributed by atoms with Crippen molar-refractivity contribution < 1.29 is 9.09 Å². The summed E-state index contributed by atoms with van der Waals surface area (Å²) in [6.45, 7) is 0. The maximum atomic E-state index is 11.0. The van der Waals surface area contributed by atoms with Crippen LogP contribution in [0, 0.1) is 0 Å². The largest absolute Gasteiger partial charge is 0.331 e. The molecule has 0 spiro atoms. The van der Waals surface area contributed by atoms with Crippen LogP contribution in [0.1, 0.15) is 0 Å². The van der Waals surface area contributed by atoms with E-state index in [0.29, 0.717) is 0 Å².